The van der Waals surface area contributed by atoms with Crippen molar-refractivity contribution in [3.8, 4) is 5.75 Å². The van der Waals surface area contributed by atoms with E-state index < -0.39 is 5.82 Å². The molecule has 0 atom stereocenters. The van der Waals surface area contributed by atoms with Crippen LogP contribution >= 0.6 is 0 Å². The van der Waals surface area contributed by atoms with Gasteiger partial charge in [0.2, 0.25) is 0 Å². The number of nitrogens with zero attached hydrogens (tertiary/aromatic N) is 1. The molecule has 1 amide bonds. The fraction of sp³-hybridized carbons (Fsp3) is 0.562. The van der Waals surface area contributed by atoms with Crippen LogP contribution in [0.5, 0.6) is 5.75 Å². The number of benzene rings is 1. The molecule has 2 N–H and O–H groups in total. The molecule has 0 radical (unpaired) electrons. The Bertz CT molecular complexity index is 487. The Morgan fingerprint density at radius 3 is 2.76 bits per heavy atom. The molecule has 0 bridgehead atoms. The number of rotatable bonds is 6. The lowest BCUT2D eigenvalue weighted by Crippen LogP contribution is -2.40. The normalized spacial score (nSPS) is 15.2. The van der Waals surface area contributed by atoms with E-state index in [1.807, 2.05) is 4.90 Å². The van der Waals surface area contributed by atoms with Gasteiger partial charge in [0.15, 0.2) is 11.6 Å². The minimum absolute atomic E-state index is 0.0614. The van der Waals surface area contributed by atoms with Crippen LogP contribution in [-0.4, -0.2) is 37.0 Å². The van der Waals surface area contributed by atoms with Crippen molar-refractivity contribution >= 4 is 5.91 Å². The summed E-state index contributed by atoms with van der Waals surface area (Å²) >= 11 is 0. The van der Waals surface area contributed by atoms with E-state index in [-0.39, 0.29) is 17.7 Å². The molecule has 0 saturated heterocycles. The lowest BCUT2D eigenvalue weighted by Gasteiger charge is -2.29. The van der Waals surface area contributed by atoms with E-state index in [0.717, 1.165) is 32.1 Å². The fourth-order valence-corrected chi connectivity index (χ4v) is 2.89. The Morgan fingerprint density at radius 1 is 1.43 bits per heavy atom. The molecule has 1 fully saturated rings. The molecule has 5 heteroatoms. The van der Waals surface area contributed by atoms with Crippen molar-refractivity contribution in [2.24, 2.45) is 5.73 Å². The van der Waals surface area contributed by atoms with Gasteiger partial charge in [0.1, 0.15) is 0 Å². The lowest BCUT2D eigenvalue weighted by atomic mass is 10.1. The van der Waals surface area contributed by atoms with Gasteiger partial charge >= 0.3 is 0 Å². The molecule has 0 aliphatic heterocycles. The minimum atomic E-state index is -0.455. The van der Waals surface area contributed by atoms with Gasteiger partial charge in [-0.15, -0.1) is 0 Å². The van der Waals surface area contributed by atoms with Gasteiger partial charge in [-0.25, -0.2) is 4.39 Å². The molecular weight excluding hydrogens is 271 g/mol. The molecule has 1 aromatic rings. The minimum Gasteiger partial charge on any atom is -0.494 e. The van der Waals surface area contributed by atoms with Gasteiger partial charge in [0, 0.05) is 18.2 Å². The number of carbonyl (C=O) groups is 1. The Balaban J connectivity index is 2.20. The second-order valence-electron chi connectivity index (χ2n) is 5.43. The van der Waals surface area contributed by atoms with Crippen molar-refractivity contribution in [3.63, 3.8) is 0 Å². The topological polar surface area (TPSA) is 55.6 Å². The van der Waals surface area contributed by atoms with Crippen molar-refractivity contribution in [3.05, 3.63) is 29.6 Å². The maximum Gasteiger partial charge on any atom is 0.254 e. The third kappa shape index (κ3) is 3.73. The molecule has 4 nitrogen and oxygen atoms in total. The summed E-state index contributed by atoms with van der Waals surface area (Å²) in [6, 6.07) is 4.55. The van der Waals surface area contributed by atoms with E-state index >= 15 is 0 Å². The molecule has 2 rings (SSSR count). The average Bonchev–Trinajstić information content (AvgIpc) is 3.02. The van der Waals surface area contributed by atoms with Crippen molar-refractivity contribution < 1.29 is 13.9 Å². The molecular formula is C16H23FN2O2. The summed E-state index contributed by atoms with van der Waals surface area (Å²) in [6.45, 7) is 1.21. The van der Waals surface area contributed by atoms with Gasteiger partial charge < -0.3 is 15.4 Å². The molecule has 0 heterocycles. The molecule has 1 aromatic carbocycles. The number of amides is 1. The standard InChI is InChI=1S/C16H23FN2O2/c1-21-15-11-12(7-8-14(15)17)16(20)19(10-4-9-18)13-5-2-3-6-13/h7-8,11,13H,2-6,9-10,18H2,1H3. The maximum absolute atomic E-state index is 13.5. The van der Waals surface area contributed by atoms with Crippen molar-refractivity contribution in [2.75, 3.05) is 20.2 Å². The number of carbonyl (C=O) groups excluding carboxylic acids is 1. The Kier molecular flexibility index (Phi) is 5.56. The number of halogens is 1. The summed E-state index contributed by atoms with van der Waals surface area (Å²) in [4.78, 5) is 14.6. The fourth-order valence-electron chi connectivity index (χ4n) is 2.89. The molecule has 0 unspecified atom stereocenters. The zero-order chi connectivity index (χ0) is 15.2. The number of ether oxygens (including phenoxy) is 1. The quantitative estimate of drug-likeness (QED) is 0.877. The monoisotopic (exact) mass is 294 g/mol. The van der Waals surface area contributed by atoms with Crippen LogP contribution in [0.1, 0.15) is 42.5 Å². The zero-order valence-corrected chi connectivity index (χ0v) is 12.5. The summed E-state index contributed by atoms with van der Waals surface area (Å²) < 4.78 is 18.4. The average molecular weight is 294 g/mol. The first kappa shape index (κ1) is 15.8. The third-order valence-corrected chi connectivity index (χ3v) is 4.03. The molecule has 0 aromatic heterocycles. The van der Waals surface area contributed by atoms with Crippen LogP contribution < -0.4 is 10.5 Å². The van der Waals surface area contributed by atoms with E-state index in [1.165, 1.54) is 25.3 Å². The zero-order valence-electron chi connectivity index (χ0n) is 12.5. The second kappa shape index (κ2) is 7.41. The van der Waals surface area contributed by atoms with Gasteiger partial charge in [-0.3, -0.25) is 4.79 Å². The predicted molar refractivity (Wildman–Crippen MR) is 79.9 cm³/mol. The van der Waals surface area contributed by atoms with E-state index in [0.29, 0.717) is 18.7 Å². The molecule has 1 saturated carbocycles. The molecule has 21 heavy (non-hydrogen) atoms. The molecule has 1 aliphatic rings. The Labute approximate surface area is 125 Å². The van der Waals surface area contributed by atoms with Gasteiger partial charge in [-0.2, -0.15) is 0 Å². The van der Waals surface area contributed by atoms with Gasteiger partial charge in [0.25, 0.3) is 5.91 Å². The summed E-state index contributed by atoms with van der Waals surface area (Å²) in [7, 11) is 1.40. The van der Waals surface area contributed by atoms with Crippen LogP contribution in [0.4, 0.5) is 4.39 Å². The summed E-state index contributed by atoms with van der Waals surface area (Å²) in [5, 5.41) is 0. The van der Waals surface area contributed by atoms with Crippen LogP contribution in [0, 0.1) is 5.82 Å². The smallest absolute Gasteiger partial charge is 0.254 e. The van der Waals surface area contributed by atoms with Crippen LogP contribution in [0.25, 0.3) is 0 Å². The van der Waals surface area contributed by atoms with Crippen LogP contribution in [-0.2, 0) is 0 Å². The molecule has 0 spiro atoms. The highest BCUT2D eigenvalue weighted by Gasteiger charge is 2.27. The highest BCUT2D eigenvalue weighted by Crippen LogP contribution is 2.26. The van der Waals surface area contributed by atoms with Crippen molar-refractivity contribution in [2.45, 2.75) is 38.1 Å². The lowest BCUT2D eigenvalue weighted by molar-refractivity contribution is 0.0680. The first-order valence-corrected chi connectivity index (χ1v) is 7.52. The Hall–Kier alpha value is -1.62. The van der Waals surface area contributed by atoms with Gasteiger partial charge in [0.05, 0.1) is 7.11 Å². The highest BCUT2D eigenvalue weighted by atomic mass is 19.1. The first-order chi connectivity index (χ1) is 10.2. The van der Waals surface area contributed by atoms with Gasteiger partial charge in [-0.1, -0.05) is 12.8 Å². The maximum atomic E-state index is 13.5. The predicted octanol–water partition coefficient (Wildman–Crippen LogP) is 2.57. The second-order valence-corrected chi connectivity index (χ2v) is 5.43. The van der Waals surface area contributed by atoms with Gasteiger partial charge in [-0.05, 0) is 44.0 Å². The van der Waals surface area contributed by atoms with E-state index in [2.05, 4.69) is 0 Å². The van der Waals surface area contributed by atoms with Crippen LogP contribution in [0.15, 0.2) is 18.2 Å². The van der Waals surface area contributed by atoms with Crippen molar-refractivity contribution in [1.29, 1.82) is 0 Å². The third-order valence-electron chi connectivity index (χ3n) is 4.03. The molecule has 1 aliphatic carbocycles. The number of methoxy groups -OCH3 is 1. The van der Waals surface area contributed by atoms with E-state index in [9.17, 15) is 9.18 Å². The summed E-state index contributed by atoms with van der Waals surface area (Å²) in [5.74, 6) is -0.414. The molecule has 116 valence electrons. The number of nitrogens with two attached hydrogens (primary N) is 1. The van der Waals surface area contributed by atoms with Crippen LogP contribution in [0.2, 0.25) is 0 Å². The number of hydrogen-bond donors (Lipinski definition) is 1. The Morgan fingerprint density at radius 2 is 2.14 bits per heavy atom. The summed E-state index contributed by atoms with van der Waals surface area (Å²) in [6.07, 6.45) is 5.16. The van der Waals surface area contributed by atoms with E-state index in [1.54, 1.807) is 0 Å². The number of hydrogen-bond acceptors (Lipinski definition) is 3. The SMILES string of the molecule is COc1cc(C(=O)N(CCCN)C2CCCC2)ccc1F. The van der Waals surface area contributed by atoms with Crippen molar-refractivity contribution in [1.82, 2.24) is 4.90 Å². The first-order valence-electron chi connectivity index (χ1n) is 7.52. The largest absolute Gasteiger partial charge is 0.494 e. The van der Waals surface area contributed by atoms with E-state index in [4.69, 9.17) is 10.5 Å². The van der Waals surface area contributed by atoms with Crippen LogP contribution in [0.3, 0.4) is 0 Å². The highest BCUT2D eigenvalue weighted by molar-refractivity contribution is 5.94. The summed E-state index contributed by atoms with van der Waals surface area (Å²) in [5.41, 5.74) is 6.04.